The van der Waals surface area contributed by atoms with Gasteiger partial charge in [-0.15, -0.1) is 0 Å². The van der Waals surface area contributed by atoms with Crippen LogP contribution in [0.25, 0.3) is 11.0 Å². The number of para-hydroxylation sites is 1. The Labute approximate surface area is 175 Å². The number of fused-ring (bicyclic) bond motifs is 1. The van der Waals surface area contributed by atoms with Crippen molar-refractivity contribution in [3.05, 3.63) is 29.8 Å². The van der Waals surface area contributed by atoms with Crippen LogP contribution in [0.3, 0.4) is 0 Å². The van der Waals surface area contributed by atoms with E-state index in [4.69, 9.17) is 0 Å². The lowest BCUT2D eigenvalue weighted by atomic mass is 10.1. The molecular weight excluding hydrogens is 385 g/mol. The van der Waals surface area contributed by atoms with Crippen LogP contribution in [-0.4, -0.2) is 52.4 Å². The van der Waals surface area contributed by atoms with Crippen molar-refractivity contribution >= 4 is 22.8 Å². The van der Waals surface area contributed by atoms with Gasteiger partial charge in [0, 0.05) is 13.1 Å². The van der Waals surface area contributed by atoms with Crippen molar-refractivity contribution in [3.63, 3.8) is 0 Å². The molecule has 0 bridgehead atoms. The Balaban J connectivity index is 1.41. The highest BCUT2D eigenvalue weighted by Crippen LogP contribution is 2.28. The summed E-state index contributed by atoms with van der Waals surface area (Å²) in [4.78, 5) is 35.0. The van der Waals surface area contributed by atoms with Crippen molar-refractivity contribution in [2.45, 2.75) is 57.5 Å². The minimum atomic E-state index is -0.580. The van der Waals surface area contributed by atoms with Crippen LogP contribution < -0.4 is 10.6 Å². The summed E-state index contributed by atoms with van der Waals surface area (Å²) in [5.41, 5.74) is 0.854. The number of nitrogens with zero attached hydrogens (tertiary/aromatic N) is 2. The van der Waals surface area contributed by atoms with Crippen LogP contribution in [0.1, 0.15) is 57.3 Å². The number of aromatic nitrogens is 2. The zero-order valence-corrected chi connectivity index (χ0v) is 17.4. The van der Waals surface area contributed by atoms with Crippen LogP contribution in [0.15, 0.2) is 18.2 Å². The molecule has 1 aliphatic carbocycles. The van der Waals surface area contributed by atoms with Gasteiger partial charge in [-0.1, -0.05) is 6.07 Å². The van der Waals surface area contributed by atoms with Crippen LogP contribution in [0.5, 0.6) is 0 Å². The predicted molar refractivity (Wildman–Crippen MR) is 112 cm³/mol. The molecule has 2 heterocycles. The fourth-order valence-electron chi connectivity index (χ4n) is 3.94. The van der Waals surface area contributed by atoms with Gasteiger partial charge in [-0.05, 0) is 63.6 Å². The molecule has 2 aliphatic rings. The summed E-state index contributed by atoms with van der Waals surface area (Å²) in [6, 6.07) is 3.72. The van der Waals surface area contributed by atoms with Crippen LogP contribution in [0.2, 0.25) is 0 Å². The lowest BCUT2D eigenvalue weighted by Gasteiger charge is -2.29. The molecule has 1 saturated carbocycles. The second kappa shape index (κ2) is 9.12. The maximum Gasteiger partial charge on any atom is 0.238 e. The van der Waals surface area contributed by atoms with Gasteiger partial charge >= 0.3 is 0 Å². The highest BCUT2D eigenvalue weighted by atomic mass is 19.1. The van der Waals surface area contributed by atoms with E-state index in [1.54, 1.807) is 19.1 Å². The molecule has 4 rings (SSSR count). The van der Waals surface area contributed by atoms with Crippen LogP contribution >= 0.6 is 0 Å². The summed E-state index contributed by atoms with van der Waals surface area (Å²) in [6.45, 7) is 4.10. The van der Waals surface area contributed by atoms with E-state index in [1.165, 1.54) is 18.9 Å². The number of hydrogen-bond acceptors (Lipinski definition) is 4. The lowest BCUT2D eigenvalue weighted by Crippen LogP contribution is -2.49. The van der Waals surface area contributed by atoms with Gasteiger partial charge < -0.3 is 20.5 Å². The van der Waals surface area contributed by atoms with Crippen molar-refractivity contribution in [3.8, 4) is 0 Å². The molecule has 7 nitrogen and oxygen atoms in total. The number of rotatable bonds is 8. The van der Waals surface area contributed by atoms with E-state index in [9.17, 15) is 14.0 Å². The highest BCUT2D eigenvalue weighted by molar-refractivity contribution is 5.88. The second-order valence-corrected chi connectivity index (χ2v) is 8.54. The van der Waals surface area contributed by atoms with Crippen molar-refractivity contribution in [1.82, 2.24) is 25.5 Å². The molecule has 2 amide bonds. The number of carbonyl (C=O) groups is 2. The number of hydrogen-bond donors (Lipinski definition) is 3. The topological polar surface area (TPSA) is 90.1 Å². The number of aromatic amines is 1. The molecule has 2 aromatic rings. The maximum atomic E-state index is 13.9. The standard InChI is InChI=1S/C22H30FN5O2/c1-14(21-26-17-7-5-6-16(23)20(17)27-21)25-22(30)18(24-13-15-8-9-15)12-19(29)28-10-3-2-4-11-28/h5-7,14-15,18,24H,2-4,8-13H2,1H3,(H,25,30)(H,26,27). The van der Waals surface area contributed by atoms with Crippen molar-refractivity contribution < 1.29 is 14.0 Å². The van der Waals surface area contributed by atoms with Gasteiger partial charge in [0.15, 0.2) is 5.82 Å². The molecule has 0 radical (unpaired) electrons. The molecule has 1 aromatic heterocycles. The molecule has 2 fully saturated rings. The van der Waals surface area contributed by atoms with Gasteiger partial charge in [0.1, 0.15) is 11.3 Å². The van der Waals surface area contributed by atoms with Gasteiger partial charge in [0.05, 0.1) is 24.0 Å². The Kier molecular flexibility index (Phi) is 6.32. The SMILES string of the molecule is CC(NC(=O)C(CC(=O)N1CCCCC1)NCC1CC1)c1nc2c(F)cccc2[nH]1. The van der Waals surface area contributed by atoms with Gasteiger partial charge in [-0.25, -0.2) is 9.37 Å². The van der Waals surface area contributed by atoms with E-state index in [1.807, 2.05) is 4.90 Å². The Morgan fingerprint density at radius 3 is 2.73 bits per heavy atom. The van der Waals surface area contributed by atoms with Crippen LogP contribution in [0.4, 0.5) is 4.39 Å². The fraction of sp³-hybridized carbons (Fsp3) is 0.591. The number of halogens is 1. The third-order valence-electron chi connectivity index (χ3n) is 6.00. The largest absolute Gasteiger partial charge is 0.345 e. The highest BCUT2D eigenvalue weighted by Gasteiger charge is 2.29. The molecule has 2 atom stereocenters. The van der Waals surface area contributed by atoms with Gasteiger partial charge in [0.2, 0.25) is 11.8 Å². The van der Waals surface area contributed by atoms with Crippen LogP contribution in [0, 0.1) is 11.7 Å². The number of likely N-dealkylation sites (tertiary alicyclic amines) is 1. The summed E-state index contributed by atoms with van der Waals surface area (Å²) in [5.74, 6) is 0.489. The van der Waals surface area contributed by atoms with Crippen molar-refractivity contribution in [1.29, 1.82) is 0 Å². The quantitative estimate of drug-likeness (QED) is 0.618. The van der Waals surface area contributed by atoms with Gasteiger partial charge in [-0.3, -0.25) is 9.59 Å². The molecule has 3 N–H and O–H groups in total. The fourth-order valence-corrected chi connectivity index (χ4v) is 3.94. The predicted octanol–water partition coefficient (Wildman–Crippen LogP) is 2.65. The summed E-state index contributed by atoms with van der Waals surface area (Å²) < 4.78 is 13.9. The zero-order chi connectivity index (χ0) is 21.1. The average Bonchev–Trinajstić information content (AvgIpc) is 3.47. The number of amides is 2. The first-order valence-electron chi connectivity index (χ1n) is 11.0. The molecule has 2 unspecified atom stereocenters. The van der Waals surface area contributed by atoms with Crippen molar-refractivity contribution in [2.75, 3.05) is 19.6 Å². The first-order valence-corrected chi connectivity index (χ1v) is 11.0. The number of piperidine rings is 1. The van der Waals surface area contributed by atoms with Crippen molar-refractivity contribution in [2.24, 2.45) is 5.92 Å². The summed E-state index contributed by atoms with van der Waals surface area (Å²) in [6.07, 6.45) is 5.70. The second-order valence-electron chi connectivity index (χ2n) is 8.54. The van der Waals surface area contributed by atoms with E-state index < -0.39 is 17.9 Å². The smallest absolute Gasteiger partial charge is 0.238 e. The monoisotopic (exact) mass is 415 g/mol. The van der Waals surface area contributed by atoms with E-state index in [0.29, 0.717) is 17.3 Å². The van der Waals surface area contributed by atoms with Crippen LogP contribution in [-0.2, 0) is 9.59 Å². The number of benzene rings is 1. The molecule has 1 aliphatic heterocycles. The number of H-pyrrole nitrogens is 1. The first kappa shape index (κ1) is 20.8. The van der Waals surface area contributed by atoms with E-state index in [0.717, 1.165) is 38.9 Å². The molecule has 1 aromatic carbocycles. The Morgan fingerprint density at radius 2 is 2.03 bits per heavy atom. The third kappa shape index (κ3) is 4.98. The van der Waals surface area contributed by atoms with Gasteiger partial charge in [-0.2, -0.15) is 0 Å². The zero-order valence-electron chi connectivity index (χ0n) is 17.4. The normalized spacial score (nSPS) is 18.9. The maximum absolute atomic E-state index is 13.9. The summed E-state index contributed by atoms with van der Waals surface area (Å²) in [5, 5.41) is 6.23. The molecule has 0 spiro atoms. The number of carbonyl (C=O) groups excluding carboxylic acids is 2. The Hall–Kier alpha value is -2.48. The van der Waals surface area contributed by atoms with E-state index in [-0.39, 0.29) is 23.8 Å². The summed E-state index contributed by atoms with van der Waals surface area (Å²) in [7, 11) is 0. The van der Waals surface area contributed by atoms with E-state index in [2.05, 4.69) is 20.6 Å². The molecule has 162 valence electrons. The number of nitrogens with one attached hydrogen (secondary N) is 3. The molecule has 1 saturated heterocycles. The molecule has 30 heavy (non-hydrogen) atoms. The third-order valence-corrected chi connectivity index (χ3v) is 6.00. The summed E-state index contributed by atoms with van der Waals surface area (Å²) >= 11 is 0. The average molecular weight is 416 g/mol. The number of imidazole rings is 1. The van der Waals surface area contributed by atoms with Gasteiger partial charge in [0.25, 0.3) is 0 Å². The molecule has 8 heteroatoms. The minimum Gasteiger partial charge on any atom is -0.345 e. The van der Waals surface area contributed by atoms with E-state index >= 15 is 0 Å². The Morgan fingerprint density at radius 1 is 1.27 bits per heavy atom. The minimum absolute atomic E-state index is 0.0246. The lowest BCUT2D eigenvalue weighted by molar-refractivity contribution is -0.135. The first-order chi connectivity index (χ1) is 14.5. The molecular formula is C22H30FN5O2. The Bertz CT molecular complexity index is 904.